The summed E-state index contributed by atoms with van der Waals surface area (Å²) < 4.78 is 5.12. The SMILES string of the molecule is COc1ccc2[nH]c(Cc3cc(C)ccc3C)nc2n1. The van der Waals surface area contributed by atoms with Crippen LogP contribution in [0.25, 0.3) is 11.2 Å². The van der Waals surface area contributed by atoms with Crippen LogP contribution in [0.2, 0.25) is 0 Å². The van der Waals surface area contributed by atoms with Gasteiger partial charge >= 0.3 is 0 Å². The van der Waals surface area contributed by atoms with Crippen molar-refractivity contribution in [2.75, 3.05) is 7.11 Å². The Morgan fingerprint density at radius 1 is 1.10 bits per heavy atom. The lowest BCUT2D eigenvalue weighted by atomic mass is 10.0. The van der Waals surface area contributed by atoms with Gasteiger partial charge in [-0.3, -0.25) is 0 Å². The maximum Gasteiger partial charge on any atom is 0.215 e. The zero-order chi connectivity index (χ0) is 14.1. The highest BCUT2D eigenvalue weighted by atomic mass is 16.5. The molecule has 2 aromatic heterocycles. The van der Waals surface area contributed by atoms with Gasteiger partial charge in [-0.15, -0.1) is 0 Å². The Balaban J connectivity index is 1.96. The van der Waals surface area contributed by atoms with E-state index in [2.05, 4.69) is 47.0 Å². The monoisotopic (exact) mass is 267 g/mol. The van der Waals surface area contributed by atoms with Crippen LogP contribution in [0.5, 0.6) is 5.88 Å². The number of fused-ring (bicyclic) bond motifs is 1. The quantitative estimate of drug-likeness (QED) is 0.793. The molecule has 102 valence electrons. The van der Waals surface area contributed by atoms with Gasteiger partial charge in [0.1, 0.15) is 5.82 Å². The molecule has 0 aliphatic heterocycles. The summed E-state index contributed by atoms with van der Waals surface area (Å²) in [5.74, 6) is 1.51. The molecule has 1 N–H and O–H groups in total. The first kappa shape index (κ1) is 12.7. The Labute approximate surface area is 117 Å². The zero-order valence-corrected chi connectivity index (χ0v) is 11.9. The molecule has 0 saturated heterocycles. The molecule has 4 heteroatoms. The van der Waals surface area contributed by atoms with Gasteiger partial charge in [0.2, 0.25) is 5.88 Å². The van der Waals surface area contributed by atoms with Gasteiger partial charge in [0, 0.05) is 12.5 Å². The molecule has 0 fully saturated rings. The van der Waals surface area contributed by atoms with E-state index in [-0.39, 0.29) is 0 Å². The van der Waals surface area contributed by atoms with Crippen LogP contribution in [0.1, 0.15) is 22.5 Å². The van der Waals surface area contributed by atoms with Gasteiger partial charge in [-0.05, 0) is 31.0 Å². The predicted molar refractivity (Wildman–Crippen MR) is 79.2 cm³/mol. The van der Waals surface area contributed by atoms with Gasteiger partial charge in [0.25, 0.3) is 0 Å². The minimum absolute atomic E-state index is 0.585. The Bertz CT molecular complexity index is 762. The van der Waals surface area contributed by atoms with Crippen LogP contribution in [0.3, 0.4) is 0 Å². The number of rotatable bonds is 3. The Kier molecular flexibility index (Phi) is 3.14. The summed E-state index contributed by atoms with van der Waals surface area (Å²) in [6, 6.07) is 10.3. The molecule has 0 aliphatic rings. The van der Waals surface area contributed by atoms with Crippen LogP contribution >= 0.6 is 0 Å². The number of imidazole rings is 1. The van der Waals surface area contributed by atoms with E-state index in [4.69, 9.17) is 4.74 Å². The fraction of sp³-hybridized carbons (Fsp3) is 0.250. The second-order valence-corrected chi connectivity index (χ2v) is 5.01. The van der Waals surface area contributed by atoms with Crippen molar-refractivity contribution in [1.82, 2.24) is 15.0 Å². The van der Waals surface area contributed by atoms with E-state index < -0.39 is 0 Å². The fourth-order valence-electron chi connectivity index (χ4n) is 2.29. The predicted octanol–water partition coefficient (Wildman–Crippen LogP) is 3.17. The summed E-state index contributed by atoms with van der Waals surface area (Å²) in [6.45, 7) is 4.23. The normalized spacial score (nSPS) is 10.9. The van der Waals surface area contributed by atoms with E-state index in [0.29, 0.717) is 11.5 Å². The number of ether oxygens (including phenoxy) is 1. The summed E-state index contributed by atoms with van der Waals surface area (Å²) in [6.07, 6.45) is 0.784. The highest BCUT2D eigenvalue weighted by Crippen LogP contribution is 2.18. The van der Waals surface area contributed by atoms with Crippen molar-refractivity contribution >= 4 is 11.2 Å². The molecule has 2 heterocycles. The van der Waals surface area contributed by atoms with Crippen molar-refractivity contribution in [2.24, 2.45) is 0 Å². The van der Waals surface area contributed by atoms with Gasteiger partial charge in [0.15, 0.2) is 5.65 Å². The van der Waals surface area contributed by atoms with E-state index in [9.17, 15) is 0 Å². The number of aryl methyl sites for hydroxylation is 2. The lowest BCUT2D eigenvalue weighted by molar-refractivity contribution is 0.399. The van der Waals surface area contributed by atoms with Crippen LogP contribution in [0, 0.1) is 13.8 Å². The molecular formula is C16H17N3O. The molecule has 0 spiro atoms. The smallest absolute Gasteiger partial charge is 0.215 e. The Morgan fingerprint density at radius 2 is 1.95 bits per heavy atom. The zero-order valence-electron chi connectivity index (χ0n) is 11.9. The standard InChI is InChI=1S/C16H17N3O/c1-10-4-5-11(2)12(8-10)9-14-17-13-6-7-15(20-3)19-16(13)18-14/h4-8H,9H2,1-3H3,(H,17,18,19). The first-order valence-electron chi connectivity index (χ1n) is 6.61. The topological polar surface area (TPSA) is 50.8 Å². The van der Waals surface area contributed by atoms with Crippen LogP contribution in [0.15, 0.2) is 30.3 Å². The minimum atomic E-state index is 0.585. The molecule has 1 aromatic carbocycles. The molecule has 0 amide bonds. The van der Waals surface area contributed by atoms with E-state index in [0.717, 1.165) is 17.8 Å². The van der Waals surface area contributed by atoms with E-state index in [1.165, 1.54) is 16.7 Å². The Morgan fingerprint density at radius 3 is 2.75 bits per heavy atom. The third-order valence-electron chi connectivity index (χ3n) is 3.44. The maximum atomic E-state index is 5.12. The first-order chi connectivity index (χ1) is 9.65. The highest BCUT2D eigenvalue weighted by molar-refractivity contribution is 5.71. The number of pyridine rings is 1. The first-order valence-corrected chi connectivity index (χ1v) is 6.61. The fourth-order valence-corrected chi connectivity index (χ4v) is 2.29. The van der Waals surface area contributed by atoms with Crippen molar-refractivity contribution in [3.63, 3.8) is 0 Å². The molecule has 0 unspecified atom stereocenters. The van der Waals surface area contributed by atoms with Gasteiger partial charge in [-0.1, -0.05) is 23.8 Å². The van der Waals surface area contributed by atoms with Crippen molar-refractivity contribution in [3.8, 4) is 5.88 Å². The summed E-state index contributed by atoms with van der Waals surface area (Å²) in [7, 11) is 1.61. The summed E-state index contributed by atoms with van der Waals surface area (Å²) in [5.41, 5.74) is 5.47. The second kappa shape index (κ2) is 4.96. The molecule has 4 nitrogen and oxygen atoms in total. The van der Waals surface area contributed by atoms with Gasteiger partial charge in [-0.2, -0.15) is 4.98 Å². The van der Waals surface area contributed by atoms with Crippen LogP contribution in [-0.4, -0.2) is 22.1 Å². The lowest BCUT2D eigenvalue weighted by Crippen LogP contribution is -1.94. The van der Waals surface area contributed by atoms with Crippen LogP contribution in [0.4, 0.5) is 0 Å². The number of nitrogens with one attached hydrogen (secondary N) is 1. The molecular weight excluding hydrogens is 250 g/mol. The largest absolute Gasteiger partial charge is 0.481 e. The number of benzene rings is 1. The molecule has 0 saturated carbocycles. The average molecular weight is 267 g/mol. The van der Waals surface area contributed by atoms with E-state index >= 15 is 0 Å². The van der Waals surface area contributed by atoms with Crippen molar-refractivity contribution < 1.29 is 4.74 Å². The Hall–Kier alpha value is -2.36. The lowest BCUT2D eigenvalue weighted by Gasteiger charge is -2.04. The number of H-pyrrole nitrogens is 1. The number of aromatic amines is 1. The number of aromatic nitrogens is 3. The van der Waals surface area contributed by atoms with Gasteiger partial charge in [-0.25, -0.2) is 4.98 Å². The number of hydrogen-bond acceptors (Lipinski definition) is 3. The highest BCUT2D eigenvalue weighted by Gasteiger charge is 2.08. The van der Waals surface area contributed by atoms with E-state index in [1.807, 2.05) is 12.1 Å². The van der Waals surface area contributed by atoms with Crippen molar-refractivity contribution in [1.29, 1.82) is 0 Å². The average Bonchev–Trinajstić information content (AvgIpc) is 2.84. The maximum absolute atomic E-state index is 5.12. The third kappa shape index (κ3) is 2.37. The summed E-state index contributed by atoms with van der Waals surface area (Å²) in [5, 5.41) is 0. The van der Waals surface area contributed by atoms with Crippen LogP contribution in [-0.2, 0) is 6.42 Å². The third-order valence-corrected chi connectivity index (χ3v) is 3.44. The van der Waals surface area contributed by atoms with Gasteiger partial charge in [0.05, 0.1) is 12.6 Å². The molecule has 3 aromatic rings. The van der Waals surface area contributed by atoms with Crippen molar-refractivity contribution in [3.05, 3.63) is 52.8 Å². The second-order valence-electron chi connectivity index (χ2n) is 5.01. The number of methoxy groups -OCH3 is 1. The number of nitrogens with zero attached hydrogens (tertiary/aromatic N) is 2. The van der Waals surface area contributed by atoms with E-state index in [1.54, 1.807) is 7.11 Å². The summed E-state index contributed by atoms with van der Waals surface area (Å²) in [4.78, 5) is 12.2. The molecule has 20 heavy (non-hydrogen) atoms. The summed E-state index contributed by atoms with van der Waals surface area (Å²) >= 11 is 0. The molecule has 0 atom stereocenters. The van der Waals surface area contributed by atoms with Crippen LogP contribution < -0.4 is 4.74 Å². The molecule has 0 bridgehead atoms. The minimum Gasteiger partial charge on any atom is -0.481 e. The molecule has 3 rings (SSSR count). The van der Waals surface area contributed by atoms with Gasteiger partial charge < -0.3 is 9.72 Å². The number of hydrogen-bond donors (Lipinski definition) is 1. The molecule has 0 aliphatic carbocycles. The van der Waals surface area contributed by atoms with Crippen molar-refractivity contribution in [2.45, 2.75) is 20.3 Å². The molecule has 0 radical (unpaired) electrons.